The molecule has 2 bridgehead atoms. The van der Waals surface area contributed by atoms with Gasteiger partial charge >= 0.3 is 5.97 Å². The van der Waals surface area contributed by atoms with Crippen LogP contribution in [0.25, 0.3) is 0 Å². The smallest absolute Gasteiger partial charge is 0.310 e. The van der Waals surface area contributed by atoms with Gasteiger partial charge in [-0.1, -0.05) is 12.2 Å². The van der Waals surface area contributed by atoms with Crippen LogP contribution in [0.1, 0.15) is 0 Å². The van der Waals surface area contributed by atoms with Crippen molar-refractivity contribution in [1.29, 1.82) is 0 Å². The Labute approximate surface area is 132 Å². The van der Waals surface area contributed by atoms with Crippen LogP contribution in [0.15, 0.2) is 30.4 Å². The topological polar surface area (TPSA) is 94.1 Å². The largest absolute Gasteiger partial charge is 0.497 e. The van der Waals surface area contributed by atoms with Gasteiger partial charge in [0.15, 0.2) is 0 Å². The third kappa shape index (κ3) is 2.63. The molecule has 1 fully saturated rings. The first-order valence-corrected chi connectivity index (χ1v) is 7.14. The first kappa shape index (κ1) is 15.4. The summed E-state index contributed by atoms with van der Waals surface area (Å²) in [6, 6.07) is 4.97. The molecule has 2 N–H and O–H groups in total. The normalized spacial score (nSPS) is 27.7. The van der Waals surface area contributed by atoms with Crippen molar-refractivity contribution >= 4 is 17.6 Å². The molecule has 23 heavy (non-hydrogen) atoms. The number of fused-ring (bicyclic) bond motifs is 2. The zero-order valence-electron chi connectivity index (χ0n) is 12.7. The number of aliphatic carboxylic acids is 1. The molecular weight excluding hydrogens is 302 g/mol. The van der Waals surface area contributed by atoms with Crippen LogP contribution in [0.5, 0.6) is 11.5 Å². The van der Waals surface area contributed by atoms with E-state index in [4.69, 9.17) is 14.2 Å². The predicted octanol–water partition coefficient (Wildman–Crippen LogP) is 1.30. The highest BCUT2D eigenvalue weighted by Crippen LogP contribution is 2.40. The molecule has 3 rings (SSSR count). The number of amides is 1. The average Bonchev–Trinajstić information content (AvgIpc) is 3.16. The molecule has 2 aliphatic heterocycles. The number of nitrogens with one attached hydrogen (secondary N) is 1. The molecule has 7 nitrogen and oxygen atoms in total. The van der Waals surface area contributed by atoms with Crippen molar-refractivity contribution in [2.24, 2.45) is 11.8 Å². The lowest BCUT2D eigenvalue weighted by Crippen LogP contribution is -2.39. The second-order valence-corrected chi connectivity index (χ2v) is 5.40. The number of hydrogen-bond acceptors (Lipinski definition) is 5. The lowest BCUT2D eigenvalue weighted by atomic mass is 9.82. The molecular formula is C16H17NO6. The van der Waals surface area contributed by atoms with Crippen molar-refractivity contribution in [3.05, 3.63) is 30.4 Å². The van der Waals surface area contributed by atoms with Crippen molar-refractivity contribution < 1.29 is 28.9 Å². The highest BCUT2D eigenvalue weighted by Gasteiger charge is 2.53. The number of anilines is 1. The van der Waals surface area contributed by atoms with Gasteiger partial charge in [0, 0.05) is 6.07 Å². The Kier molecular flexibility index (Phi) is 3.96. The van der Waals surface area contributed by atoms with E-state index in [0.717, 1.165) is 0 Å². The minimum absolute atomic E-state index is 0.405. The number of carbonyl (C=O) groups excluding carboxylic acids is 1. The first-order chi connectivity index (χ1) is 11.0. The fourth-order valence-electron chi connectivity index (χ4n) is 3.03. The zero-order valence-corrected chi connectivity index (χ0v) is 12.7. The molecule has 0 radical (unpaired) electrons. The molecule has 4 atom stereocenters. The Hall–Kier alpha value is -2.54. The third-order valence-electron chi connectivity index (χ3n) is 4.15. The highest BCUT2D eigenvalue weighted by atomic mass is 16.5. The molecule has 2 heterocycles. The average molecular weight is 319 g/mol. The maximum Gasteiger partial charge on any atom is 0.310 e. The van der Waals surface area contributed by atoms with Gasteiger partial charge in [0.2, 0.25) is 5.91 Å². The van der Waals surface area contributed by atoms with Crippen molar-refractivity contribution in [2.45, 2.75) is 12.2 Å². The molecule has 1 amide bonds. The summed E-state index contributed by atoms with van der Waals surface area (Å²) in [6.45, 7) is 0. The van der Waals surface area contributed by atoms with Gasteiger partial charge in [-0.2, -0.15) is 0 Å². The number of methoxy groups -OCH3 is 2. The summed E-state index contributed by atoms with van der Waals surface area (Å²) in [7, 11) is 3.01. The standard InChI is InChI=1S/C16H17NO6/c1-21-8-3-4-9(12(7-8)22-2)17-15(18)13-10-5-6-11(23-10)14(13)16(19)20/h3-7,10-11,13-14H,1-2H3,(H,17,18)(H,19,20)/t10-,11-,13-,14-/m1/s1. The second-order valence-electron chi connectivity index (χ2n) is 5.40. The Morgan fingerprint density at radius 3 is 2.43 bits per heavy atom. The van der Waals surface area contributed by atoms with E-state index in [2.05, 4.69) is 5.32 Å². The molecule has 0 spiro atoms. The minimum atomic E-state index is -1.04. The van der Waals surface area contributed by atoms with Gasteiger partial charge in [-0.05, 0) is 12.1 Å². The molecule has 2 aliphatic rings. The Bertz CT molecular complexity index is 671. The van der Waals surface area contributed by atoms with Gasteiger partial charge in [0.05, 0.1) is 38.0 Å². The van der Waals surface area contributed by atoms with E-state index >= 15 is 0 Å². The van der Waals surface area contributed by atoms with Crippen molar-refractivity contribution in [1.82, 2.24) is 0 Å². The van der Waals surface area contributed by atoms with E-state index in [9.17, 15) is 14.7 Å². The van der Waals surface area contributed by atoms with Crippen LogP contribution in [0, 0.1) is 11.8 Å². The van der Waals surface area contributed by atoms with Crippen molar-refractivity contribution in [3.63, 3.8) is 0 Å². The van der Waals surface area contributed by atoms with Crippen LogP contribution in [-0.4, -0.2) is 43.4 Å². The number of carbonyl (C=O) groups is 2. The summed E-state index contributed by atoms with van der Waals surface area (Å²) >= 11 is 0. The third-order valence-corrected chi connectivity index (χ3v) is 4.15. The maximum atomic E-state index is 12.6. The highest BCUT2D eigenvalue weighted by molar-refractivity contribution is 5.97. The predicted molar refractivity (Wildman–Crippen MR) is 80.6 cm³/mol. The summed E-state index contributed by atoms with van der Waals surface area (Å²) in [5.41, 5.74) is 0.453. The van der Waals surface area contributed by atoms with Crippen LogP contribution >= 0.6 is 0 Å². The van der Waals surface area contributed by atoms with Crippen LogP contribution in [0.2, 0.25) is 0 Å². The number of carboxylic acid groups (broad SMARTS) is 1. The lowest BCUT2D eigenvalue weighted by Gasteiger charge is -2.21. The summed E-state index contributed by atoms with van der Waals surface area (Å²) in [6.07, 6.45) is 2.37. The molecule has 0 aliphatic carbocycles. The Morgan fingerprint density at radius 1 is 1.13 bits per heavy atom. The molecule has 122 valence electrons. The van der Waals surface area contributed by atoms with Crippen molar-refractivity contribution in [3.8, 4) is 11.5 Å². The number of benzene rings is 1. The van der Waals surface area contributed by atoms with Gasteiger partial charge in [-0.15, -0.1) is 0 Å². The van der Waals surface area contributed by atoms with Crippen LogP contribution in [0.4, 0.5) is 5.69 Å². The van der Waals surface area contributed by atoms with Gasteiger partial charge in [0.25, 0.3) is 0 Å². The number of hydrogen-bond donors (Lipinski definition) is 2. The molecule has 1 saturated heterocycles. The summed E-state index contributed by atoms with van der Waals surface area (Å²) < 4.78 is 15.8. The van der Waals surface area contributed by atoms with E-state index in [0.29, 0.717) is 17.2 Å². The van der Waals surface area contributed by atoms with Crippen LogP contribution in [-0.2, 0) is 14.3 Å². The number of carboxylic acids is 1. The monoisotopic (exact) mass is 319 g/mol. The van der Waals surface area contributed by atoms with Crippen molar-refractivity contribution in [2.75, 3.05) is 19.5 Å². The number of ether oxygens (including phenoxy) is 3. The molecule has 1 aromatic rings. The molecule has 0 saturated carbocycles. The van der Waals surface area contributed by atoms with E-state index in [-0.39, 0.29) is 0 Å². The van der Waals surface area contributed by atoms with Crippen LogP contribution in [0.3, 0.4) is 0 Å². The number of rotatable bonds is 5. The first-order valence-electron chi connectivity index (χ1n) is 7.14. The maximum absolute atomic E-state index is 12.6. The second kappa shape index (κ2) is 5.92. The SMILES string of the molecule is COc1ccc(NC(=O)[C@H]2[C@H](C(=O)O)[C@H]3C=C[C@H]2O3)c(OC)c1. The summed E-state index contributed by atoms with van der Waals surface area (Å²) in [5, 5.41) is 12.1. The fourth-order valence-corrected chi connectivity index (χ4v) is 3.03. The van der Waals surface area contributed by atoms with Gasteiger partial charge < -0.3 is 24.6 Å². The van der Waals surface area contributed by atoms with E-state index in [1.54, 1.807) is 30.4 Å². The fraction of sp³-hybridized carbons (Fsp3) is 0.375. The molecule has 1 aromatic carbocycles. The lowest BCUT2D eigenvalue weighted by molar-refractivity contribution is -0.145. The molecule has 0 aromatic heterocycles. The van der Waals surface area contributed by atoms with Gasteiger partial charge in [0.1, 0.15) is 17.4 Å². The molecule has 7 heteroatoms. The Balaban J connectivity index is 1.82. The molecule has 0 unspecified atom stereocenters. The summed E-state index contributed by atoms with van der Waals surface area (Å²) in [5.74, 6) is -2.07. The van der Waals surface area contributed by atoms with E-state index in [1.807, 2.05) is 0 Å². The Morgan fingerprint density at radius 2 is 1.83 bits per heavy atom. The minimum Gasteiger partial charge on any atom is -0.497 e. The van der Waals surface area contributed by atoms with Gasteiger partial charge in [-0.25, -0.2) is 0 Å². The van der Waals surface area contributed by atoms with E-state index in [1.165, 1.54) is 14.2 Å². The van der Waals surface area contributed by atoms with Crippen LogP contribution < -0.4 is 14.8 Å². The zero-order chi connectivity index (χ0) is 16.6. The quantitative estimate of drug-likeness (QED) is 0.795. The summed E-state index contributed by atoms with van der Waals surface area (Å²) in [4.78, 5) is 24.0. The van der Waals surface area contributed by atoms with Gasteiger partial charge in [-0.3, -0.25) is 9.59 Å². The van der Waals surface area contributed by atoms with E-state index < -0.39 is 35.9 Å².